The number of unbranched alkanes of at least 4 members (excludes halogenated alkanes) is 6. The average Bonchev–Trinajstić information content (AvgIpc) is 2.84. The number of rotatable bonds is 12. The van der Waals surface area contributed by atoms with E-state index in [1.165, 1.54) is 44.0 Å². The molecule has 0 radical (unpaired) electrons. The molecular formula is C28H30Cl2N2O3. The van der Waals surface area contributed by atoms with Gasteiger partial charge in [0.25, 0.3) is 0 Å². The first kappa shape index (κ1) is 26.7. The molecule has 1 N–H and O–H groups in total. The zero-order valence-electron chi connectivity index (χ0n) is 19.9. The molecule has 0 spiro atoms. The Morgan fingerprint density at radius 2 is 1.69 bits per heavy atom. The Balaban J connectivity index is 1.67. The number of nitrogens with one attached hydrogen (secondary N) is 1. The van der Waals surface area contributed by atoms with E-state index in [1.54, 1.807) is 12.1 Å². The summed E-state index contributed by atoms with van der Waals surface area (Å²) in [4.78, 5) is 25.0. The number of hydrogen-bond donors (Lipinski definition) is 1. The highest BCUT2D eigenvalue weighted by molar-refractivity contribution is 6.36. The van der Waals surface area contributed by atoms with Crippen molar-refractivity contribution < 1.29 is 14.3 Å². The maximum Gasteiger partial charge on any atom is 0.345 e. The monoisotopic (exact) mass is 512 g/mol. The molecule has 3 rings (SSSR count). The third kappa shape index (κ3) is 8.08. The van der Waals surface area contributed by atoms with Gasteiger partial charge >= 0.3 is 5.97 Å². The fourth-order valence-corrected chi connectivity index (χ4v) is 4.26. The third-order valence-electron chi connectivity index (χ3n) is 5.67. The van der Waals surface area contributed by atoms with Crippen molar-refractivity contribution in [3.8, 4) is 5.75 Å². The van der Waals surface area contributed by atoms with Crippen LogP contribution in [0.1, 0.15) is 74.2 Å². The van der Waals surface area contributed by atoms with Crippen LogP contribution in [0.2, 0.25) is 10.0 Å². The Hall–Kier alpha value is -2.89. The Morgan fingerprint density at radius 1 is 0.943 bits per heavy atom. The maximum atomic E-state index is 12.8. The number of ether oxygens (including phenoxy) is 1. The van der Waals surface area contributed by atoms with Crippen molar-refractivity contribution in [3.05, 3.63) is 75.8 Å². The summed E-state index contributed by atoms with van der Waals surface area (Å²) in [6.07, 6.45) is 9.95. The van der Waals surface area contributed by atoms with Crippen molar-refractivity contribution in [2.24, 2.45) is 5.10 Å². The van der Waals surface area contributed by atoms with E-state index in [2.05, 4.69) is 17.5 Å². The molecule has 0 atom stereocenters. The van der Waals surface area contributed by atoms with Gasteiger partial charge in [-0.2, -0.15) is 5.10 Å². The Morgan fingerprint density at radius 3 is 2.46 bits per heavy atom. The Labute approximate surface area is 216 Å². The SMILES string of the molecule is CCCCCCCCCC(=O)N/N=C\c1c(OC(=O)c2ccc(Cl)cc2Cl)ccc2ccccc12. The maximum absolute atomic E-state index is 12.8. The molecule has 0 aliphatic carbocycles. The summed E-state index contributed by atoms with van der Waals surface area (Å²) >= 11 is 12.1. The highest BCUT2D eigenvalue weighted by Gasteiger charge is 2.16. The molecule has 1 amide bonds. The first-order chi connectivity index (χ1) is 17.0. The van der Waals surface area contributed by atoms with Crippen molar-refractivity contribution in [2.75, 3.05) is 0 Å². The van der Waals surface area contributed by atoms with Gasteiger partial charge in [0, 0.05) is 17.0 Å². The van der Waals surface area contributed by atoms with Gasteiger partial charge in [-0.15, -0.1) is 0 Å². The lowest BCUT2D eigenvalue weighted by molar-refractivity contribution is -0.121. The number of nitrogens with zero attached hydrogens (tertiary/aromatic N) is 1. The van der Waals surface area contributed by atoms with Gasteiger partial charge in [0.05, 0.1) is 16.8 Å². The molecule has 3 aromatic rings. The Kier molecular flexibility index (Phi) is 10.6. The quantitative estimate of drug-likeness (QED) is 0.0878. The average molecular weight is 513 g/mol. The summed E-state index contributed by atoms with van der Waals surface area (Å²) in [6, 6.07) is 15.8. The Bertz CT molecular complexity index is 1190. The lowest BCUT2D eigenvalue weighted by Gasteiger charge is -2.11. The smallest absolute Gasteiger partial charge is 0.345 e. The van der Waals surface area contributed by atoms with E-state index in [9.17, 15) is 9.59 Å². The van der Waals surface area contributed by atoms with E-state index in [4.69, 9.17) is 27.9 Å². The van der Waals surface area contributed by atoms with E-state index < -0.39 is 5.97 Å². The first-order valence-corrected chi connectivity index (χ1v) is 12.8. The molecule has 0 heterocycles. The molecule has 0 aliphatic heterocycles. The van der Waals surface area contributed by atoms with Crippen LogP contribution in [0, 0.1) is 0 Å². The van der Waals surface area contributed by atoms with E-state index in [-0.39, 0.29) is 16.5 Å². The molecule has 0 bridgehead atoms. The minimum atomic E-state index is -0.612. The molecule has 5 nitrogen and oxygen atoms in total. The molecule has 7 heteroatoms. The van der Waals surface area contributed by atoms with Crippen LogP contribution >= 0.6 is 23.2 Å². The second kappa shape index (κ2) is 13.9. The number of fused-ring (bicyclic) bond motifs is 1. The number of carbonyl (C=O) groups excluding carboxylic acids is 2. The zero-order chi connectivity index (χ0) is 25.0. The molecule has 0 aromatic heterocycles. The molecule has 0 saturated heterocycles. The van der Waals surface area contributed by atoms with Crippen LogP contribution < -0.4 is 10.2 Å². The van der Waals surface area contributed by atoms with Gasteiger partial charge in [-0.3, -0.25) is 4.79 Å². The van der Waals surface area contributed by atoms with Crippen molar-refractivity contribution in [3.63, 3.8) is 0 Å². The van der Waals surface area contributed by atoms with E-state index in [1.807, 2.05) is 30.3 Å². The van der Waals surface area contributed by atoms with Crippen LogP contribution in [0.5, 0.6) is 5.75 Å². The number of benzene rings is 3. The lowest BCUT2D eigenvalue weighted by atomic mass is 10.0. The number of hydrogen-bond acceptors (Lipinski definition) is 4. The number of hydrazone groups is 1. The summed E-state index contributed by atoms with van der Waals surface area (Å²) in [7, 11) is 0. The summed E-state index contributed by atoms with van der Waals surface area (Å²) < 4.78 is 5.67. The van der Waals surface area contributed by atoms with Gasteiger partial charge < -0.3 is 4.74 Å². The van der Waals surface area contributed by atoms with E-state index in [0.717, 1.165) is 30.0 Å². The fraction of sp³-hybridized carbons (Fsp3) is 0.321. The van der Waals surface area contributed by atoms with Gasteiger partial charge in [-0.05, 0) is 41.5 Å². The molecule has 35 heavy (non-hydrogen) atoms. The highest BCUT2D eigenvalue weighted by atomic mass is 35.5. The summed E-state index contributed by atoms with van der Waals surface area (Å²) in [5.41, 5.74) is 3.37. The van der Waals surface area contributed by atoms with Crippen LogP contribution in [0.15, 0.2) is 59.7 Å². The van der Waals surface area contributed by atoms with Gasteiger partial charge in [-0.25, -0.2) is 10.2 Å². The van der Waals surface area contributed by atoms with Gasteiger partial charge in [0.1, 0.15) is 5.75 Å². The molecule has 3 aromatic carbocycles. The molecule has 0 unspecified atom stereocenters. The minimum Gasteiger partial charge on any atom is -0.422 e. The molecule has 184 valence electrons. The van der Waals surface area contributed by atoms with Gasteiger partial charge in [0.2, 0.25) is 5.91 Å². The van der Waals surface area contributed by atoms with Crippen LogP contribution in [0.25, 0.3) is 10.8 Å². The van der Waals surface area contributed by atoms with E-state index in [0.29, 0.717) is 22.8 Å². The summed E-state index contributed by atoms with van der Waals surface area (Å²) in [5.74, 6) is -0.439. The second-order valence-electron chi connectivity index (χ2n) is 8.38. The highest BCUT2D eigenvalue weighted by Crippen LogP contribution is 2.29. The van der Waals surface area contributed by atoms with Gasteiger partial charge in [-0.1, -0.05) is 99.0 Å². The molecule has 0 aliphatic rings. The number of esters is 1. The van der Waals surface area contributed by atoms with Crippen LogP contribution in [0.3, 0.4) is 0 Å². The molecule has 0 saturated carbocycles. The normalized spacial score (nSPS) is 11.2. The largest absolute Gasteiger partial charge is 0.422 e. The lowest BCUT2D eigenvalue weighted by Crippen LogP contribution is -2.17. The van der Waals surface area contributed by atoms with Crippen molar-refractivity contribution in [2.45, 2.75) is 58.3 Å². The fourth-order valence-electron chi connectivity index (χ4n) is 3.78. The van der Waals surface area contributed by atoms with Crippen molar-refractivity contribution in [1.82, 2.24) is 5.43 Å². The molecular weight excluding hydrogens is 483 g/mol. The number of halogens is 2. The van der Waals surface area contributed by atoms with Crippen LogP contribution in [0.4, 0.5) is 0 Å². The predicted molar refractivity (Wildman–Crippen MR) is 144 cm³/mol. The zero-order valence-corrected chi connectivity index (χ0v) is 21.4. The van der Waals surface area contributed by atoms with Gasteiger partial charge in [0.15, 0.2) is 0 Å². The summed E-state index contributed by atoms with van der Waals surface area (Å²) in [5, 5.41) is 6.56. The summed E-state index contributed by atoms with van der Waals surface area (Å²) in [6.45, 7) is 2.20. The van der Waals surface area contributed by atoms with E-state index >= 15 is 0 Å². The third-order valence-corrected chi connectivity index (χ3v) is 6.22. The predicted octanol–water partition coefficient (Wildman–Crippen LogP) is 7.96. The first-order valence-electron chi connectivity index (χ1n) is 12.0. The van der Waals surface area contributed by atoms with Crippen LogP contribution in [-0.2, 0) is 4.79 Å². The number of carbonyl (C=O) groups is 2. The van der Waals surface area contributed by atoms with Crippen molar-refractivity contribution in [1.29, 1.82) is 0 Å². The minimum absolute atomic E-state index is 0.137. The second-order valence-corrected chi connectivity index (χ2v) is 9.22. The van der Waals surface area contributed by atoms with Crippen LogP contribution in [-0.4, -0.2) is 18.1 Å². The standard InChI is InChI=1S/C28H30Cl2N2O3/c1-2-3-4-5-6-7-8-13-27(33)32-31-19-24-22-12-10-9-11-20(22)14-17-26(24)35-28(34)23-16-15-21(29)18-25(23)30/h9-12,14-19H,2-8,13H2,1H3,(H,32,33)/b31-19-. The topological polar surface area (TPSA) is 67.8 Å². The number of amides is 1. The molecule has 0 fully saturated rings. The van der Waals surface area contributed by atoms with Crippen molar-refractivity contribution >= 4 is 52.1 Å².